The van der Waals surface area contributed by atoms with Crippen LogP contribution >= 0.6 is 0 Å². The van der Waals surface area contributed by atoms with Crippen molar-refractivity contribution >= 4 is 0 Å². The van der Waals surface area contributed by atoms with Gasteiger partial charge in [0.15, 0.2) is 6.20 Å². The molecule has 0 aliphatic heterocycles. The van der Waals surface area contributed by atoms with Gasteiger partial charge in [0.05, 0.1) is 0 Å². The second-order valence-corrected chi connectivity index (χ2v) is 5.74. The summed E-state index contributed by atoms with van der Waals surface area (Å²) in [6.45, 7) is 0. The molecule has 0 spiro atoms. The highest BCUT2D eigenvalue weighted by Crippen LogP contribution is 2.24. The Morgan fingerprint density at radius 3 is 1.60 bits per heavy atom. The molecule has 0 bridgehead atoms. The molecule has 0 aliphatic carbocycles. The van der Waals surface area contributed by atoms with Gasteiger partial charge in [-0.3, -0.25) is 0 Å². The fourth-order valence-corrected chi connectivity index (χ4v) is 2.96. The standard InChI is InChI=1S/C23H18N.HI/c1-4-10-19(11-5-1)21-16-17-24(22-14-8-3-9-15-22)23(18-21)20-12-6-2-7-13-20;/h1-18H;1H/q+1;/p-1. The lowest BCUT2D eigenvalue weighted by atomic mass is 10.0. The molecule has 25 heavy (non-hydrogen) atoms. The summed E-state index contributed by atoms with van der Waals surface area (Å²) >= 11 is 0. The minimum atomic E-state index is 0. The smallest absolute Gasteiger partial charge is 0.219 e. The Balaban J connectivity index is 0.00000182. The minimum absolute atomic E-state index is 0. The number of hydrogen-bond acceptors (Lipinski definition) is 0. The molecule has 0 radical (unpaired) electrons. The highest BCUT2D eigenvalue weighted by atomic mass is 127. The second-order valence-electron chi connectivity index (χ2n) is 5.74. The summed E-state index contributed by atoms with van der Waals surface area (Å²) in [7, 11) is 0. The van der Waals surface area contributed by atoms with Gasteiger partial charge in [-0.15, -0.1) is 0 Å². The molecular weight excluding hydrogens is 417 g/mol. The van der Waals surface area contributed by atoms with Gasteiger partial charge in [-0.1, -0.05) is 66.7 Å². The van der Waals surface area contributed by atoms with Gasteiger partial charge in [-0.2, -0.15) is 4.57 Å². The maximum Gasteiger partial charge on any atom is 0.219 e. The summed E-state index contributed by atoms with van der Waals surface area (Å²) in [5.41, 5.74) is 6.01. The first kappa shape index (κ1) is 17.4. The largest absolute Gasteiger partial charge is 1.00 e. The van der Waals surface area contributed by atoms with Gasteiger partial charge >= 0.3 is 0 Å². The Bertz CT molecular complexity index is 935. The average molecular weight is 435 g/mol. The lowest BCUT2D eigenvalue weighted by Gasteiger charge is -2.07. The quantitative estimate of drug-likeness (QED) is 0.344. The number of pyridine rings is 1. The van der Waals surface area contributed by atoms with Crippen LogP contribution in [-0.2, 0) is 0 Å². The number of benzene rings is 3. The Hall–Kier alpha value is -2.46. The summed E-state index contributed by atoms with van der Waals surface area (Å²) in [5, 5.41) is 0. The van der Waals surface area contributed by atoms with Crippen molar-refractivity contribution in [2.75, 3.05) is 0 Å². The van der Waals surface area contributed by atoms with Gasteiger partial charge in [0.2, 0.25) is 11.4 Å². The van der Waals surface area contributed by atoms with Gasteiger partial charge in [0.1, 0.15) is 0 Å². The van der Waals surface area contributed by atoms with E-state index in [9.17, 15) is 0 Å². The Morgan fingerprint density at radius 2 is 1.00 bits per heavy atom. The molecule has 0 saturated heterocycles. The van der Waals surface area contributed by atoms with Crippen molar-refractivity contribution in [3.05, 3.63) is 109 Å². The molecule has 0 fully saturated rings. The average Bonchev–Trinajstić information content (AvgIpc) is 2.69. The molecule has 0 saturated carbocycles. The number of nitrogens with zero attached hydrogens (tertiary/aromatic N) is 1. The molecule has 3 aromatic carbocycles. The first-order chi connectivity index (χ1) is 11.9. The van der Waals surface area contributed by atoms with Crippen LogP contribution in [0.5, 0.6) is 0 Å². The van der Waals surface area contributed by atoms with Crippen molar-refractivity contribution in [3.63, 3.8) is 0 Å². The van der Waals surface area contributed by atoms with Gasteiger partial charge in [-0.25, -0.2) is 0 Å². The van der Waals surface area contributed by atoms with E-state index in [-0.39, 0.29) is 24.0 Å². The third-order valence-electron chi connectivity index (χ3n) is 4.17. The SMILES string of the molecule is [I-].c1ccc(-c2cc[n+](-c3ccccc3)c(-c3ccccc3)c2)cc1. The molecule has 2 heteroatoms. The molecule has 1 heterocycles. The molecule has 0 aliphatic rings. The van der Waals surface area contributed by atoms with Gasteiger partial charge in [0, 0.05) is 29.8 Å². The third kappa shape index (κ3) is 3.80. The van der Waals surface area contributed by atoms with Crippen molar-refractivity contribution in [1.82, 2.24) is 0 Å². The molecule has 0 atom stereocenters. The molecular formula is C23H18IN. The summed E-state index contributed by atoms with van der Waals surface area (Å²) < 4.78 is 2.24. The van der Waals surface area contributed by atoms with Crippen molar-refractivity contribution in [2.24, 2.45) is 0 Å². The van der Waals surface area contributed by atoms with E-state index < -0.39 is 0 Å². The van der Waals surface area contributed by atoms with Crippen LogP contribution in [-0.4, -0.2) is 0 Å². The van der Waals surface area contributed by atoms with Crippen LogP contribution < -0.4 is 28.5 Å². The lowest BCUT2D eigenvalue weighted by Crippen LogP contribution is -3.00. The van der Waals surface area contributed by atoms with E-state index >= 15 is 0 Å². The molecule has 0 N–H and O–H groups in total. The van der Waals surface area contributed by atoms with Crippen LogP contribution in [0, 0.1) is 0 Å². The molecule has 122 valence electrons. The highest BCUT2D eigenvalue weighted by Gasteiger charge is 2.16. The maximum absolute atomic E-state index is 2.26. The van der Waals surface area contributed by atoms with E-state index in [2.05, 4.69) is 108 Å². The van der Waals surface area contributed by atoms with Crippen molar-refractivity contribution in [1.29, 1.82) is 0 Å². The third-order valence-corrected chi connectivity index (χ3v) is 4.17. The van der Waals surface area contributed by atoms with E-state index in [4.69, 9.17) is 0 Å². The zero-order valence-corrected chi connectivity index (χ0v) is 15.9. The van der Waals surface area contributed by atoms with Crippen molar-refractivity contribution < 1.29 is 28.5 Å². The zero-order chi connectivity index (χ0) is 16.2. The second kappa shape index (κ2) is 8.08. The first-order valence-corrected chi connectivity index (χ1v) is 8.14. The number of para-hydroxylation sites is 1. The van der Waals surface area contributed by atoms with Crippen molar-refractivity contribution in [2.45, 2.75) is 0 Å². The molecule has 0 unspecified atom stereocenters. The van der Waals surface area contributed by atoms with Gasteiger partial charge < -0.3 is 24.0 Å². The fourth-order valence-electron chi connectivity index (χ4n) is 2.96. The molecule has 4 aromatic rings. The monoisotopic (exact) mass is 435 g/mol. The van der Waals surface area contributed by atoms with Gasteiger partial charge in [0.25, 0.3) is 0 Å². The zero-order valence-electron chi connectivity index (χ0n) is 13.7. The number of halogens is 1. The van der Waals surface area contributed by atoms with Crippen molar-refractivity contribution in [3.8, 4) is 28.1 Å². The Kier molecular flexibility index (Phi) is 5.61. The van der Waals surface area contributed by atoms with Crippen LogP contribution in [0.1, 0.15) is 0 Å². The lowest BCUT2D eigenvalue weighted by molar-refractivity contribution is -0.583. The molecule has 4 rings (SSSR count). The van der Waals surface area contributed by atoms with E-state index in [1.807, 2.05) is 6.07 Å². The van der Waals surface area contributed by atoms with E-state index in [1.165, 1.54) is 22.4 Å². The highest BCUT2D eigenvalue weighted by molar-refractivity contribution is 5.68. The maximum atomic E-state index is 2.26. The van der Waals surface area contributed by atoms with Crippen LogP contribution in [0.4, 0.5) is 0 Å². The predicted molar refractivity (Wildman–Crippen MR) is 98.8 cm³/mol. The topological polar surface area (TPSA) is 3.88 Å². The molecule has 1 aromatic heterocycles. The summed E-state index contributed by atoms with van der Waals surface area (Å²) in [4.78, 5) is 0. The summed E-state index contributed by atoms with van der Waals surface area (Å²) in [6, 6.07) is 35.9. The van der Waals surface area contributed by atoms with E-state index in [0.29, 0.717) is 0 Å². The molecule has 0 amide bonds. The number of rotatable bonds is 3. The van der Waals surface area contributed by atoms with Crippen LogP contribution in [0.2, 0.25) is 0 Å². The molecule has 1 nitrogen and oxygen atoms in total. The minimum Gasteiger partial charge on any atom is -1.00 e. The van der Waals surface area contributed by atoms with Gasteiger partial charge in [-0.05, 0) is 23.3 Å². The summed E-state index contributed by atoms with van der Waals surface area (Å²) in [6.07, 6.45) is 2.15. The first-order valence-electron chi connectivity index (χ1n) is 8.14. The predicted octanol–water partition coefficient (Wildman–Crippen LogP) is 2.30. The van der Waals surface area contributed by atoms with E-state index in [0.717, 1.165) is 5.69 Å². The Labute approximate surface area is 165 Å². The van der Waals surface area contributed by atoms with Crippen LogP contribution in [0.15, 0.2) is 109 Å². The van der Waals surface area contributed by atoms with E-state index in [1.54, 1.807) is 0 Å². The fraction of sp³-hybridized carbons (Fsp3) is 0. The van der Waals surface area contributed by atoms with Crippen LogP contribution in [0.3, 0.4) is 0 Å². The van der Waals surface area contributed by atoms with Crippen LogP contribution in [0.25, 0.3) is 28.1 Å². The number of hydrogen-bond donors (Lipinski definition) is 0. The normalized spacial score (nSPS) is 10.1. The number of aromatic nitrogens is 1. The summed E-state index contributed by atoms with van der Waals surface area (Å²) in [5.74, 6) is 0. The Morgan fingerprint density at radius 1 is 0.480 bits per heavy atom.